The van der Waals surface area contributed by atoms with Crippen LogP contribution in [0.3, 0.4) is 0 Å². The van der Waals surface area contributed by atoms with Gasteiger partial charge >= 0.3 is 0 Å². The zero-order valence-corrected chi connectivity index (χ0v) is 16.8. The quantitative estimate of drug-likeness (QED) is 0.505. The summed E-state index contributed by atoms with van der Waals surface area (Å²) in [7, 11) is 0. The van der Waals surface area contributed by atoms with Crippen LogP contribution in [-0.4, -0.2) is 30.6 Å². The Morgan fingerprint density at radius 1 is 1.20 bits per heavy atom. The van der Waals surface area contributed by atoms with Crippen LogP contribution in [0.5, 0.6) is 0 Å². The van der Waals surface area contributed by atoms with Gasteiger partial charge in [0.15, 0.2) is 5.82 Å². The van der Waals surface area contributed by atoms with E-state index >= 15 is 0 Å². The minimum Gasteiger partial charge on any atom is -0.344 e. The Balaban J connectivity index is 1.50. The van der Waals surface area contributed by atoms with Gasteiger partial charge in [-0.25, -0.2) is 9.97 Å². The van der Waals surface area contributed by atoms with Gasteiger partial charge < -0.3 is 9.84 Å². The molecule has 1 aromatic carbocycles. The van der Waals surface area contributed by atoms with E-state index in [4.69, 9.17) is 4.52 Å². The third-order valence-electron chi connectivity index (χ3n) is 4.66. The first-order valence-corrected chi connectivity index (χ1v) is 9.83. The highest BCUT2D eigenvalue weighted by atomic mass is 16.5. The number of aromatic nitrogens is 5. The Hall–Kier alpha value is -3.81. The molecule has 0 spiro atoms. The summed E-state index contributed by atoms with van der Waals surface area (Å²) >= 11 is 0. The minimum absolute atomic E-state index is 0.125. The monoisotopic (exact) mass is 402 g/mol. The van der Waals surface area contributed by atoms with Crippen molar-refractivity contribution in [3.63, 3.8) is 0 Å². The summed E-state index contributed by atoms with van der Waals surface area (Å²) in [6.45, 7) is 4.00. The van der Waals surface area contributed by atoms with E-state index in [1.54, 1.807) is 29.4 Å². The average Bonchev–Trinajstić information content (AvgIpc) is 3.45. The lowest BCUT2D eigenvalue weighted by Crippen LogP contribution is -2.26. The predicted octanol–water partition coefficient (Wildman–Crippen LogP) is 3.76. The largest absolute Gasteiger partial charge is 0.344 e. The van der Waals surface area contributed by atoms with Crippen LogP contribution >= 0.6 is 0 Å². The van der Waals surface area contributed by atoms with E-state index in [0.717, 1.165) is 24.0 Å². The molecule has 0 radical (unpaired) electrons. The molecule has 8 nitrogen and oxygen atoms in total. The smallest absolute Gasteiger partial charge is 0.271 e. The molecule has 1 atom stereocenters. The normalized spacial score (nSPS) is 11.9. The molecule has 4 aromatic rings. The molecular weight excluding hydrogens is 380 g/mol. The number of pyridine rings is 1. The second-order valence-corrected chi connectivity index (χ2v) is 6.94. The van der Waals surface area contributed by atoms with Crippen molar-refractivity contribution in [2.75, 3.05) is 0 Å². The molecule has 0 bridgehead atoms. The van der Waals surface area contributed by atoms with Crippen LogP contribution in [0.4, 0.5) is 0 Å². The van der Waals surface area contributed by atoms with Crippen LogP contribution in [0.25, 0.3) is 17.3 Å². The number of nitrogens with one attached hydrogen (secondary N) is 1. The fraction of sp³-hybridized carbons (Fsp3) is 0.227. The van der Waals surface area contributed by atoms with Gasteiger partial charge in [-0.15, -0.1) is 0 Å². The van der Waals surface area contributed by atoms with E-state index in [-0.39, 0.29) is 11.9 Å². The van der Waals surface area contributed by atoms with Crippen molar-refractivity contribution in [1.82, 2.24) is 30.0 Å². The molecule has 0 unspecified atom stereocenters. The highest BCUT2D eigenvalue weighted by Crippen LogP contribution is 2.20. The van der Waals surface area contributed by atoms with E-state index in [9.17, 15) is 4.79 Å². The summed E-state index contributed by atoms with van der Waals surface area (Å²) in [5.74, 6) is 1.48. The maximum Gasteiger partial charge on any atom is 0.271 e. The van der Waals surface area contributed by atoms with Gasteiger partial charge in [0.05, 0.1) is 6.04 Å². The number of imidazole rings is 1. The van der Waals surface area contributed by atoms with Gasteiger partial charge in [0.25, 0.3) is 11.8 Å². The van der Waals surface area contributed by atoms with Gasteiger partial charge in [-0.3, -0.25) is 9.36 Å². The summed E-state index contributed by atoms with van der Waals surface area (Å²) in [6, 6.07) is 13.3. The van der Waals surface area contributed by atoms with E-state index in [1.807, 2.05) is 43.3 Å². The number of hydrogen-bond acceptors (Lipinski definition) is 6. The van der Waals surface area contributed by atoms with Crippen molar-refractivity contribution < 1.29 is 9.32 Å². The second kappa shape index (κ2) is 8.69. The summed E-state index contributed by atoms with van der Waals surface area (Å²) in [4.78, 5) is 25.6. The molecule has 0 aliphatic heterocycles. The van der Waals surface area contributed by atoms with Crippen molar-refractivity contribution in [2.24, 2.45) is 0 Å². The molecular formula is C22H22N6O2. The number of hydrogen-bond donors (Lipinski definition) is 1. The summed E-state index contributed by atoms with van der Waals surface area (Å²) < 4.78 is 7.03. The molecule has 4 rings (SSSR count). The standard InChI is InChI=1S/C22H22N6O2/c1-3-7-19-26-22(30-27-19)17-10-11-23-20(12-17)28-13-18(24-14-28)21(29)25-15(2)16-8-5-4-6-9-16/h4-6,8-15H,3,7H2,1-2H3,(H,25,29)/t15-/m0/s1. The molecule has 0 fully saturated rings. The van der Waals surface area contributed by atoms with E-state index < -0.39 is 0 Å². The molecule has 0 saturated heterocycles. The molecule has 30 heavy (non-hydrogen) atoms. The van der Waals surface area contributed by atoms with Gasteiger partial charge in [0, 0.05) is 24.4 Å². The summed E-state index contributed by atoms with van der Waals surface area (Å²) in [5.41, 5.74) is 2.10. The molecule has 8 heteroatoms. The van der Waals surface area contributed by atoms with Gasteiger partial charge in [0.2, 0.25) is 0 Å². The topological polar surface area (TPSA) is 98.7 Å². The van der Waals surface area contributed by atoms with E-state index in [2.05, 4.69) is 32.3 Å². The number of nitrogens with zero attached hydrogens (tertiary/aromatic N) is 5. The Morgan fingerprint density at radius 2 is 2.03 bits per heavy atom. The Morgan fingerprint density at radius 3 is 2.83 bits per heavy atom. The van der Waals surface area contributed by atoms with Crippen molar-refractivity contribution in [3.05, 3.63) is 78.3 Å². The van der Waals surface area contributed by atoms with Crippen LogP contribution in [0.15, 0.2) is 65.7 Å². The molecule has 1 N–H and O–H groups in total. The number of carbonyl (C=O) groups is 1. The van der Waals surface area contributed by atoms with Crippen LogP contribution in [0, 0.1) is 0 Å². The van der Waals surface area contributed by atoms with Crippen molar-refractivity contribution in [2.45, 2.75) is 32.7 Å². The van der Waals surface area contributed by atoms with Gasteiger partial charge in [-0.05, 0) is 31.0 Å². The lowest BCUT2D eigenvalue weighted by Gasteiger charge is -2.13. The maximum absolute atomic E-state index is 12.6. The number of aryl methyl sites for hydroxylation is 1. The van der Waals surface area contributed by atoms with Gasteiger partial charge in [-0.1, -0.05) is 42.4 Å². The van der Waals surface area contributed by atoms with Crippen LogP contribution < -0.4 is 5.32 Å². The van der Waals surface area contributed by atoms with Crippen molar-refractivity contribution in [3.8, 4) is 17.3 Å². The van der Waals surface area contributed by atoms with E-state index in [1.165, 1.54) is 0 Å². The number of amides is 1. The average molecular weight is 402 g/mol. The second-order valence-electron chi connectivity index (χ2n) is 6.94. The first-order valence-electron chi connectivity index (χ1n) is 9.83. The maximum atomic E-state index is 12.6. The molecule has 3 aromatic heterocycles. The first-order chi connectivity index (χ1) is 14.6. The first kappa shape index (κ1) is 19.5. The minimum atomic E-state index is -0.248. The number of rotatable bonds is 7. The van der Waals surface area contributed by atoms with Crippen molar-refractivity contribution in [1.29, 1.82) is 0 Å². The molecule has 152 valence electrons. The Bertz CT molecular complexity index is 1140. The summed E-state index contributed by atoms with van der Waals surface area (Å²) in [6.07, 6.45) is 6.58. The Labute approximate surface area is 174 Å². The lowest BCUT2D eigenvalue weighted by atomic mass is 10.1. The molecule has 1 amide bonds. The fourth-order valence-corrected chi connectivity index (χ4v) is 3.05. The van der Waals surface area contributed by atoms with Gasteiger partial charge in [0.1, 0.15) is 17.8 Å². The van der Waals surface area contributed by atoms with Crippen molar-refractivity contribution >= 4 is 5.91 Å². The van der Waals surface area contributed by atoms with Crippen LogP contribution in [-0.2, 0) is 6.42 Å². The van der Waals surface area contributed by atoms with Crippen LogP contribution in [0.1, 0.15) is 48.2 Å². The third-order valence-corrected chi connectivity index (χ3v) is 4.66. The van der Waals surface area contributed by atoms with Gasteiger partial charge in [-0.2, -0.15) is 4.98 Å². The number of carbonyl (C=O) groups excluding carboxylic acids is 1. The SMILES string of the molecule is CCCc1noc(-c2ccnc(-n3cnc(C(=O)N[C@@H](C)c4ccccc4)c3)c2)n1. The zero-order chi connectivity index (χ0) is 20.9. The van der Waals surface area contributed by atoms with Crippen LogP contribution in [0.2, 0.25) is 0 Å². The molecule has 0 saturated carbocycles. The van der Waals surface area contributed by atoms with E-state index in [0.29, 0.717) is 23.2 Å². The lowest BCUT2D eigenvalue weighted by molar-refractivity contribution is 0.0935. The molecule has 0 aliphatic carbocycles. The number of benzene rings is 1. The fourth-order valence-electron chi connectivity index (χ4n) is 3.05. The highest BCUT2D eigenvalue weighted by molar-refractivity contribution is 5.92. The zero-order valence-electron chi connectivity index (χ0n) is 16.8. The highest BCUT2D eigenvalue weighted by Gasteiger charge is 2.15. The predicted molar refractivity (Wildman–Crippen MR) is 111 cm³/mol. The Kier molecular flexibility index (Phi) is 5.65. The summed E-state index contributed by atoms with van der Waals surface area (Å²) in [5, 5.41) is 6.95. The molecule has 0 aliphatic rings. The third kappa shape index (κ3) is 4.27. The molecule has 3 heterocycles.